The number of aryl methyl sites for hydroxylation is 1. The molecule has 1 saturated carbocycles. The lowest BCUT2D eigenvalue weighted by Gasteiger charge is -2.26. The molecule has 1 aromatic rings. The van der Waals surface area contributed by atoms with Gasteiger partial charge < -0.3 is 5.73 Å². The summed E-state index contributed by atoms with van der Waals surface area (Å²) in [4.78, 5) is 0. The van der Waals surface area contributed by atoms with Crippen LogP contribution in [0.25, 0.3) is 0 Å². The van der Waals surface area contributed by atoms with Crippen molar-refractivity contribution in [2.24, 2.45) is 12.8 Å². The van der Waals surface area contributed by atoms with Crippen molar-refractivity contribution >= 4 is 0 Å². The highest BCUT2D eigenvalue weighted by molar-refractivity contribution is 5.02. The first-order valence-electron chi connectivity index (χ1n) is 5.82. The Balaban J connectivity index is 2.02. The molecule has 0 unspecified atom stereocenters. The van der Waals surface area contributed by atoms with E-state index in [4.69, 9.17) is 5.73 Å². The first-order chi connectivity index (χ1) is 7.18. The van der Waals surface area contributed by atoms with Gasteiger partial charge >= 0.3 is 0 Å². The van der Waals surface area contributed by atoms with Gasteiger partial charge in [-0.15, -0.1) is 5.10 Å². The van der Waals surface area contributed by atoms with Crippen LogP contribution in [0, 0.1) is 0 Å². The predicted octanol–water partition coefficient (Wildman–Crippen LogP) is 1.41. The van der Waals surface area contributed by atoms with E-state index >= 15 is 0 Å². The van der Waals surface area contributed by atoms with Gasteiger partial charge in [-0.25, -0.2) is 0 Å². The summed E-state index contributed by atoms with van der Waals surface area (Å²) >= 11 is 0. The van der Waals surface area contributed by atoms with Crippen molar-refractivity contribution < 1.29 is 0 Å². The molecule has 0 bridgehead atoms. The molecule has 15 heavy (non-hydrogen) atoms. The highest BCUT2D eigenvalue weighted by atomic mass is 15.4. The standard InChI is InChI=1S/C11H20N4/c1-15-9-10(13-14-15)8-11(12)6-4-2-3-5-7-11/h9H,2-8,12H2,1H3. The Labute approximate surface area is 90.8 Å². The van der Waals surface area contributed by atoms with Crippen LogP contribution < -0.4 is 5.73 Å². The molecule has 1 aliphatic carbocycles. The van der Waals surface area contributed by atoms with Crippen LogP contribution in [0.1, 0.15) is 44.2 Å². The van der Waals surface area contributed by atoms with Crippen LogP contribution in [0.2, 0.25) is 0 Å². The number of aromatic nitrogens is 3. The van der Waals surface area contributed by atoms with Gasteiger partial charge in [-0.2, -0.15) is 0 Å². The second kappa shape index (κ2) is 4.31. The van der Waals surface area contributed by atoms with Gasteiger partial charge in [0.05, 0.1) is 5.69 Å². The van der Waals surface area contributed by atoms with Crippen molar-refractivity contribution in [2.45, 2.75) is 50.5 Å². The van der Waals surface area contributed by atoms with Crippen molar-refractivity contribution in [2.75, 3.05) is 0 Å². The zero-order valence-corrected chi connectivity index (χ0v) is 9.45. The van der Waals surface area contributed by atoms with Gasteiger partial charge in [0.25, 0.3) is 0 Å². The van der Waals surface area contributed by atoms with Crippen LogP contribution in [0.15, 0.2) is 6.20 Å². The zero-order chi connectivity index (χ0) is 10.7. The molecule has 0 saturated heterocycles. The molecule has 0 aliphatic heterocycles. The lowest BCUT2D eigenvalue weighted by Crippen LogP contribution is -2.41. The first kappa shape index (κ1) is 10.6. The molecule has 1 fully saturated rings. The molecule has 0 amide bonds. The second-order valence-electron chi connectivity index (χ2n) is 4.84. The van der Waals surface area contributed by atoms with Crippen LogP contribution >= 0.6 is 0 Å². The lowest BCUT2D eigenvalue weighted by molar-refractivity contribution is 0.366. The average Bonchev–Trinajstić information content (AvgIpc) is 2.46. The fourth-order valence-corrected chi connectivity index (χ4v) is 2.45. The Morgan fingerprint density at radius 3 is 2.53 bits per heavy atom. The van der Waals surface area contributed by atoms with Gasteiger partial charge in [-0.1, -0.05) is 30.9 Å². The third-order valence-electron chi connectivity index (χ3n) is 3.28. The van der Waals surface area contributed by atoms with Gasteiger partial charge in [0.15, 0.2) is 0 Å². The topological polar surface area (TPSA) is 56.7 Å². The molecular weight excluding hydrogens is 188 g/mol. The van der Waals surface area contributed by atoms with Crippen molar-refractivity contribution in [3.63, 3.8) is 0 Å². The molecule has 1 heterocycles. The largest absolute Gasteiger partial charge is 0.325 e. The second-order valence-corrected chi connectivity index (χ2v) is 4.84. The summed E-state index contributed by atoms with van der Waals surface area (Å²) in [6.45, 7) is 0. The van der Waals surface area contributed by atoms with E-state index in [0.717, 1.165) is 25.0 Å². The molecule has 1 aliphatic rings. The summed E-state index contributed by atoms with van der Waals surface area (Å²) in [6.07, 6.45) is 10.3. The minimum absolute atomic E-state index is 0.0352. The number of nitrogens with two attached hydrogens (primary N) is 1. The maximum absolute atomic E-state index is 6.42. The number of hydrogen-bond donors (Lipinski definition) is 1. The zero-order valence-electron chi connectivity index (χ0n) is 9.45. The third-order valence-corrected chi connectivity index (χ3v) is 3.28. The first-order valence-corrected chi connectivity index (χ1v) is 5.82. The Kier molecular flexibility index (Phi) is 3.05. The van der Waals surface area contributed by atoms with Crippen molar-refractivity contribution in [1.29, 1.82) is 0 Å². The Morgan fingerprint density at radius 1 is 1.33 bits per heavy atom. The predicted molar refractivity (Wildman–Crippen MR) is 59.3 cm³/mol. The smallest absolute Gasteiger partial charge is 0.0845 e. The normalized spacial score (nSPS) is 21.2. The third kappa shape index (κ3) is 2.78. The van der Waals surface area contributed by atoms with E-state index in [9.17, 15) is 0 Å². The highest BCUT2D eigenvalue weighted by Crippen LogP contribution is 2.27. The molecule has 0 atom stereocenters. The van der Waals surface area contributed by atoms with Gasteiger partial charge in [0.2, 0.25) is 0 Å². The van der Waals surface area contributed by atoms with E-state index in [-0.39, 0.29) is 5.54 Å². The van der Waals surface area contributed by atoms with E-state index in [0.29, 0.717) is 0 Å². The molecular formula is C11H20N4. The molecule has 4 nitrogen and oxygen atoms in total. The molecule has 2 rings (SSSR count). The molecule has 4 heteroatoms. The van der Waals surface area contributed by atoms with Gasteiger partial charge in [0.1, 0.15) is 0 Å². The van der Waals surface area contributed by atoms with E-state index in [2.05, 4.69) is 10.3 Å². The number of nitrogens with zero attached hydrogens (tertiary/aromatic N) is 3. The quantitative estimate of drug-likeness (QED) is 0.748. The van der Waals surface area contributed by atoms with Crippen LogP contribution in [0.4, 0.5) is 0 Å². The number of rotatable bonds is 2. The molecule has 0 spiro atoms. The molecule has 0 radical (unpaired) electrons. The summed E-state index contributed by atoms with van der Waals surface area (Å²) < 4.78 is 1.75. The summed E-state index contributed by atoms with van der Waals surface area (Å²) in [5, 5.41) is 8.07. The Hall–Kier alpha value is -0.900. The SMILES string of the molecule is Cn1cc(CC2(N)CCCCCC2)nn1. The van der Waals surface area contributed by atoms with E-state index in [1.54, 1.807) is 4.68 Å². The summed E-state index contributed by atoms with van der Waals surface area (Å²) in [6, 6.07) is 0. The van der Waals surface area contributed by atoms with Crippen molar-refractivity contribution in [1.82, 2.24) is 15.0 Å². The van der Waals surface area contributed by atoms with Crippen LogP contribution in [0.5, 0.6) is 0 Å². The van der Waals surface area contributed by atoms with Gasteiger partial charge in [-0.3, -0.25) is 4.68 Å². The van der Waals surface area contributed by atoms with Crippen LogP contribution in [0.3, 0.4) is 0 Å². The monoisotopic (exact) mass is 208 g/mol. The van der Waals surface area contributed by atoms with Gasteiger partial charge in [0, 0.05) is 25.2 Å². The molecule has 2 N–H and O–H groups in total. The Morgan fingerprint density at radius 2 is 2.00 bits per heavy atom. The lowest BCUT2D eigenvalue weighted by atomic mass is 9.87. The summed E-state index contributed by atoms with van der Waals surface area (Å²) in [5.74, 6) is 0. The fraction of sp³-hybridized carbons (Fsp3) is 0.818. The molecule has 84 valence electrons. The van der Waals surface area contributed by atoms with Gasteiger partial charge in [-0.05, 0) is 12.8 Å². The minimum atomic E-state index is -0.0352. The maximum atomic E-state index is 6.42. The minimum Gasteiger partial charge on any atom is -0.325 e. The van der Waals surface area contributed by atoms with E-state index in [1.165, 1.54) is 25.7 Å². The fourth-order valence-electron chi connectivity index (χ4n) is 2.45. The highest BCUT2D eigenvalue weighted by Gasteiger charge is 2.27. The number of hydrogen-bond acceptors (Lipinski definition) is 3. The van der Waals surface area contributed by atoms with Crippen LogP contribution in [-0.4, -0.2) is 20.5 Å². The van der Waals surface area contributed by atoms with Crippen molar-refractivity contribution in [3.05, 3.63) is 11.9 Å². The molecule has 0 aromatic carbocycles. The summed E-state index contributed by atoms with van der Waals surface area (Å²) in [5.41, 5.74) is 7.42. The van der Waals surface area contributed by atoms with E-state index in [1.807, 2.05) is 13.2 Å². The van der Waals surface area contributed by atoms with Crippen LogP contribution in [-0.2, 0) is 13.5 Å². The van der Waals surface area contributed by atoms with E-state index < -0.39 is 0 Å². The maximum Gasteiger partial charge on any atom is 0.0845 e. The van der Waals surface area contributed by atoms with Crippen molar-refractivity contribution in [3.8, 4) is 0 Å². The average molecular weight is 208 g/mol. The summed E-state index contributed by atoms with van der Waals surface area (Å²) in [7, 11) is 1.90. The molecule has 1 aromatic heterocycles. The Bertz CT molecular complexity index is 310.